The standard InChI is InChI=1S/C17H27NO2/c1-5-17(19)10-11-18(3)16(13(17)2)12-14-6-8-15(20-4)9-7-14/h6-9,13,16,19H,5,10-12H2,1-4H3. The van der Waals surface area contributed by atoms with Gasteiger partial charge in [-0.2, -0.15) is 0 Å². The number of methoxy groups -OCH3 is 1. The summed E-state index contributed by atoms with van der Waals surface area (Å²) in [6.07, 6.45) is 2.69. The molecule has 112 valence electrons. The van der Waals surface area contributed by atoms with Crippen molar-refractivity contribution in [2.75, 3.05) is 20.7 Å². The van der Waals surface area contributed by atoms with Crippen LogP contribution in [0.1, 0.15) is 32.3 Å². The second-order valence-electron chi connectivity index (χ2n) is 6.10. The number of aliphatic hydroxyl groups is 1. The summed E-state index contributed by atoms with van der Waals surface area (Å²) in [5, 5.41) is 10.8. The lowest BCUT2D eigenvalue weighted by molar-refractivity contribution is -0.0896. The summed E-state index contributed by atoms with van der Waals surface area (Å²) in [7, 11) is 3.85. The van der Waals surface area contributed by atoms with Gasteiger partial charge in [0.1, 0.15) is 5.75 Å². The average Bonchev–Trinajstić information content (AvgIpc) is 2.48. The van der Waals surface area contributed by atoms with Crippen molar-refractivity contribution in [2.45, 2.75) is 44.8 Å². The van der Waals surface area contributed by atoms with Gasteiger partial charge < -0.3 is 14.7 Å². The zero-order valence-corrected chi connectivity index (χ0v) is 13.1. The van der Waals surface area contributed by atoms with Gasteiger partial charge in [-0.05, 0) is 44.0 Å². The first kappa shape index (κ1) is 15.3. The fourth-order valence-electron chi connectivity index (χ4n) is 3.34. The minimum Gasteiger partial charge on any atom is -0.497 e. The van der Waals surface area contributed by atoms with Gasteiger partial charge in [0.15, 0.2) is 0 Å². The van der Waals surface area contributed by atoms with Crippen molar-refractivity contribution in [1.29, 1.82) is 0 Å². The fourth-order valence-corrected chi connectivity index (χ4v) is 3.34. The van der Waals surface area contributed by atoms with Crippen LogP contribution in [0.3, 0.4) is 0 Å². The summed E-state index contributed by atoms with van der Waals surface area (Å²) >= 11 is 0. The molecule has 20 heavy (non-hydrogen) atoms. The molecule has 3 unspecified atom stereocenters. The van der Waals surface area contributed by atoms with Crippen LogP contribution in [-0.4, -0.2) is 42.4 Å². The molecule has 2 rings (SSSR count). The summed E-state index contributed by atoms with van der Waals surface area (Å²) in [5.41, 5.74) is 0.791. The lowest BCUT2D eigenvalue weighted by Gasteiger charge is -2.47. The first-order chi connectivity index (χ1) is 9.50. The van der Waals surface area contributed by atoms with E-state index < -0.39 is 5.60 Å². The number of piperidine rings is 1. The molecule has 1 aromatic carbocycles. The highest BCUT2D eigenvalue weighted by molar-refractivity contribution is 5.28. The molecule has 0 amide bonds. The van der Waals surface area contributed by atoms with Crippen molar-refractivity contribution in [3.63, 3.8) is 0 Å². The van der Waals surface area contributed by atoms with Crippen molar-refractivity contribution in [2.24, 2.45) is 5.92 Å². The Bertz CT molecular complexity index is 431. The largest absolute Gasteiger partial charge is 0.497 e. The highest BCUT2D eigenvalue weighted by atomic mass is 16.5. The Balaban J connectivity index is 2.12. The van der Waals surface area contributed by atoms with Crippen LogP contribution in [0, 0.1) is 5.92 Å². The van der Waals surface area contributed by atoms with E-state index in [9.17, 15) is 5.11 Å². The molecule has 1 aliphatic heterocycles. The Labute approximate surface area is 122 Å². The molecule has 1 N–H and O–H groups in total. The lowest BCUT2D eigenvalue weighted by atomic mass is 9.74. The van der Waals surface area contributed by atoms with Crippen LogP contribution in [0.15, 0.2) is 24.3 Å². The van der Waals surface area contributed by atoms with Crippen molar-refractivity contribution < 1.29 is 9.84 Å². The maximum Gasteiger partial charge on any atom is 0.118 e. The zero-order valence-electron chi connectivity index (χ0n) is 13.1. The second-order valence-corrected chi connectivity index (χ2v) is 6.10. The summed E-state index contributed by atoms with van der Waals surface area (Å²) in [6, 6.07) is 8.66. The number of likely N-dealkylation sites (tertiary alicyclic amines) is 1. The van der Waals surface area contributed by atoms with Gasteiger partial charge in [-0.3, -0.25) is 0 Å². The number of ether oxygens (including phenoxy) is 1. The highest BCUT2D eigenvalue weighted by Crippen LogP contribution is 2.35. The first-order valence-corrected chi connectivity index (χ1v) is 7.55. The average molecular weight is 277 g/mol. The van der Waals surface area contributed by atoms with Gasteiger partial charge >= 0.3 is 0 Å². The van der Waals surface area contributed by atoms with Crippen LogP contribution in [0.25, 0.3) is 0 Å². The van der Waals surface area contributed by atoms with E-state index in [4.69, 9.17) is 4.74 Å². The van der Waals surface area contributed by atoms with E-state index in [1.807, 2.05) is 12.1 Å². The molecule has 0 saturated carbocycles. The minimum absolute atomic E-state index is 0.286. The van der Waals surface area contributed by atoms with Gasteiger partial charge in [-0.1, -0.05) is 26.0 Å². The highest BCUT2D eigenvalue weighted by Gasteiger charge is 2.42. The number of hydrogen-bond acceptors (Lipinski definition) is 3. The molecule has 0 spiro atoms. The number of likely N-dealkylation sites (N-methyl/N-ethyl adjacent to an activating group) is 1. The molecule has 3 heteroatoms. The molecule has 0 aliphatic carbocycles. The van der Waals surface area contributed by atoms with E-state index in [1.165, 1.54) is 5.56 Å². The van der Waals surface area contributed by atoms with Gasteiger partial charge in [-0.15, -0.1) is 0 Å². The van der Waals surface area contributed by atoms with Gasteiger partial charge in [0.2, 0.25) is 0 Å². The molecule has 1 heterocycles. The molecular weight excluding hydrogens is 250 g/mol. The van der Waals surface area contributed by atoms with Crippen LogP contribution in [0.4, 0.5) is 0 Å². The monoisotopic (exact) mass is 277 g/mol. The van der Waals surface area contributed by atoms with Crippen LogP contribution in [0.2, 0.25) is 0 Å². The predicted molar refractivity (Wildman–Crippen MR) is 82.1 cm³/mol. The van der Waals surface area contributed by atoms with Crippen molar-refractivity contribution in [1.82, 2.24) is 4.90 Å². The Kier molecular flexibility index (Phi) is 4.71. The molecule has 1 aromatic rings. The quantitative estimate of drug-likeness (QED) is 0.918. The van der Waals surface area contributed by atoms with Crippen molar-refractivity contribution in [3.05, 3.63) is 29.8 Å². The summed E-state index contributed by atoms with van der Waals surface area (Å²) in [4.78, 5) is 2.39. The summed E-state index contributed by atoms with van der Waals surface area (Å²) in [6.45, 7) is 5.25. The van der Waals surface area contributed by atoms with E-state index in [1.54, 1.807) is 7.11 Å². The zero-order chi connectivity index (χ0) is 14.8. The fraction of sp³-hybridized carbons (Fsp3) is 0.647. The van der Waals surface area contributed by atoms with Crippen LogP contribution in [0.5, 0.6) is 5.75 Å². The van der Waals surface area contributed by atoms with Gasteiger partial charge in [0, 0.05) is 18.5 Å². The van der Waals surface area contributed by atoms with Crippen molar-refractivity contribution in [3.8, 4) is 5.75 Å². The molecule has 1 saturated heterocycles. The smallest absolute Gasteiger partial charge is 0.118 e. The first-order valence-electron chi connectivity index (χ1n) is 7.55. The number of hydrogen-bond donors (Lipinski definition) is 1. The molecular formula is C17H27NO2. The molecule has 3 atom stereocenters. The van der Waals surface area contributed by atoms with Crippen LogP contribution in [-0.2, 0) is 6.42 Å². The number of rotatable bonds is 4. The minimum atomic E-state index is -0.510. The third-order valence-electron chi connectivity index (χ3n) is 5.10. The SMILES string of the molecule is CCC1(O)CCN(C)C(Cc2ccc(OC)cc2)C1C. The molecule has 0 aromatic heterocycles. The second kappa shape index (κ2) is 6.15. The Morgan fingerprint density at radius 2 is 2.00 bits per heavy atom. The van der Waals surface area contributed by atoms with Gasteiger partial charge in [0.05, 0.1) is 12.7 Å². The summed E-state index contributed by atoms with van der Waals surface area (Å²) in [5.74, 6) is 1.18. The maximum absolute atomic E-state index is 10.8. The molecule has 0 bridgehead atoms. The lowest BCUT2D eigenvalue weighted by Crippen LogP contribution is -2.56. The number of benzene rings is 1. The third kappa shape index (κ3) is 2.99. The Morgan fingerprint density at radius 3 is 2.55 bits per heavy atom. The molecule has 0 radical (unpaired) electrons. The van der Waals surface area contributed by atoms with E-state index in [-0.39, 0.29) is 5.92 Å². The Hall–Kier alpha value is -1.06. The van der Waals surface area contributed by atoms with Gasteiger partial charge in [0.25, 0.3) is 0 Å². The van der Waals surface area contributed by atoms with Crippen molar-refractivity contribution >= 4 is 0 Å². The third-order valence-corrected chi connectivity index (χ3v) is 5.10. The summed E-state index contributed by atoms with van der Waals surface area (Å²) < 4.78 is 5.20. The topological polar surface area (TPSA) is 32.7 Å². The van der Waals surface area contributed by atoms with Crippen LogP contribution < -0.4 is 4.74 Å². The number of nitrogens with zero attached hydrogens (tertiary/aromatic N) is 1. The van der Waals surface area contributed by atoms with E-state index >= 15 is 0 Å². The normalized spacial score (nSPS) is 31.2. The van der Waals surface area contributed by atoms with E-state index in [2.05, 4.69) is 37.9 Å². The Morgan fingerprint density at radius 1 is 1.35 bits per heavy atom. The van der Waals surface area contributed by atoms with E-state index in [0.29, 0.717) is 6.04 Å². The van der Waals surface area contributed by atoms with E-state index in [0.717, 1.165) is 31.6 Å². The van der Waals surface area contributed by atoms with Gasteiger partial charge in [-0.25, -0.2) is 0 Å². The molecule has 3 nitrogen and oxygen atoms in total. The predicted octanol–water partition coefficient (Wildman–Crippen LogP) is 2.72. The maximum atomic E-state index is 10.8. The molecule has 1 aliphatic rings. The van der Waals surface area contributed by atoms with Crippen LogP contribution >= 0.6 is 0 Å². The molecule has 1 fully saturated rings.